The van der Waals surface area contributed by atoms with E-state index in [4.69, 9.17) is 11.6 Å². The molecule has 4 heteroatoms. The van der Waals surface area contributed by atoms with Crippen LogP contribution >= 0.6 is 11.6 Å². The maximum Gasteiger partial charge on any atom is 0.275 e. The molecule has 2 N–H and O–H groups in total. The molecule has 0 fully saturated rings. The van der Waals surface area contributed by atoms with Crippen LogP contribution in [0.25, 0.3) is 0 Å². The molecule has 0 bridgehead atoms. The Bertz CT molecular complexity index is 716. The Hall–Kier alpha value is -1.84. The number of nitrogens with one attached hydrogen (secondary N) is 2. The Morgan fingerprint density at radius 1 is 1.21 bits per heavy atom. The lowest BCUT2D eigenvalue weighted by Crippen LogP contribution is -3.08. The van der Waals surface area contributed by atoms with E-state index >= 15 is 0 Å². The molecule has 126 valence electrons. The Kier molecular flexibility index (Phi) is 5.54. The average Bonchev–Trinajstić information content (AvgIpc) is 2.57. The Morgan fingerprint density at radius 2 is 1.96 bits per heavy atom. The highest BCUT2D eigenvalue weighted by Gasteiger charge is 2.22. The van der Waals surface area contributed by atoms with Gasteiger partial charge >= 0.3 is 0 Å². The lowest BCUT2D eigenvalue weighted by atomic mass is 9.88. The molecule has 0 saturated heterocycles. The summed E-state index contributed by atoms with van der Waals surface area (Å²) >= 11 is 6.20. The van der Waals surface area contributed by atoms with E-state index in [2.05, 4.69) is 29.6 Å². The van der Waals surface area contributed by atoms with E-state index < -0.39 is 0 Å². The molecule has 2 atom stereocenters. The van der Waals surface area contributed by atoms with Gasteiger partial charge in [-0.2, -0.15) is 0 Å². The number of fused-ring (bicyclic) bond motifs is 1. The molecule has 2 aromatic rings. The average molecular weight is 344 g/mol. The van der Waals surface area contributed by atoms with E-state index in [1.54, 1.807) is 0 Å². The summed E-state index contributed by atoms with van der Waals surface area (Å²) in [5.74, 6) is 0.0984. The van der Waals surface area contributed by atoms with Crippen molar-refractivity contribution >= 4 is 17.5 Å². The summed E-state index contributed by atoms with van der Waals surface area (Å²) in [6.45, 7) is 1.19. The molecule has 0 aliphatic heterocycles. The molecule has 1 aliphatic carbocycles. The number of hydrogen-bond donors (Lipinski definition) is 2. The van der Waals surface area contributed by atoms with Crippen molar-refractivity contribution in [3.63, 3.8) is 0 Å². The fourth-order valence-corrected chi connectivity index (χ4v) is 3.66. The van der Waals surface area contributed by atoms with Crippen LogP contribution in [0.5, 0.6) is 0 Å². The monoisotopic (exact) mass is 343 g/mol. The first-order valence-electron chi connectivity index (χ1n) is 8.55. The summed E-state index contributed by atoms with van der Waals surface area (Å²) < 4.78 is 0. The molecule has 0 heterocycles. The van der Waals surface area contributed by atoms with Crippen molar-refractivity contribution in [3.8, 4) is 0 Å². The second-order valence-electron chi connectivity index (χ2n) is 6.61. The highest BCUT2D eigenvalue weighted by atomic mass is 35.5. The van der Waals surface area contributed by atoms with Crippen LogP contribution in [0.4, 0.5) is 0 Å². The molecule has 3 rings (SSSR count). The highest BCUT2D eigenvalue weighted by molar-refractivity contribution is 6.31. The largest absolute Gasteiger partial charge is 0.344 e. The summed E-state index contributed by atoms with van der Waals surface area (Å²) in [5.41, 5.74) is 3.72. The molecule has 1 unspecified atom stereocenters. The molecule has 0 spiro atoms. The van der Waals surface area contributed by atoms with Crippen molar-refractivity contribution in [1.29, 1.82) is 0 Å². The van der Waals surface area contributed by atoms with Gasteiger partial charge in [0.25, 0.3) is 5.91 Å². The van der Waals surface area contributed by atoms with Crippen LogP contribution in [0.1, 0.15) is 35.6 Å². The molecule has 0 saturated carbocycles. The third kappa shape index (κ3) is 4.16. The van der Waals surface area contributed by atoms with E-state index in [1.165, 1.54) is 11.1 Å². The summed E-state index contributed by atoms with van der Waals surface area (Å²) in [5, 5.41) is 3.98. The van der Waals surface area contributed by atoms with Gasteiger partial charge in [-0.05, 0) is 36.5 Å². The summed E-state index contributed by atoms with van der Waals surface area (Å²) in [4.78, 5) is 13.6. The number of carbonyl (C=O) groups excluding carboxylic acids is 1. The van der Waals surface area contributed by atoms with Crippen molar-refractivity contribution < 1.29 is 9.69 Å². The lowest BCUT2D eigenvalue weighted by Gasteiger charge is -2.26. The molecular formula is C20H24ClN2O+. The molecule has 1 amide bonds. The second-order valence-corrected chi connectivity index (χ2v) is 7.02. The van der Waals surface area contributed by atoms with Crippen molar-refractivity contribution in [1.82, 2.24) is 5.32 Å². The third-order valence-corrected chi connectivity index (χ3v) is 4.99. The molecule has 0 radical (unpaired) electrons. The molecule has 24 heavy (non-hydrogen) atoms. The quantitative estimate of drug-likeness (QED) is 0.859. The summed E-state index contributed by atoms with van der Waals surface area (Å²) in [7, 11) is 2.03. The normalized spacial score (nSPS) is 17.8. The minimum absolute atomic E-state index is 0.0984. The molecular weight excluding hydrogens is 320 g/mol. The Morgan fingerprint density at radius 3 is 2.79 bits per heavy atom. The van der Waals surface area contributed by atoms with Crippen molar-refractivity contribution in [3.05, 3.63) is 70.2 Å². The highest BCUT2D eigenvalue weighted by Crippen LogP contribution is 2.29. The maximum absolute atomic E-state index is 12.4. The van der Waals surface area contributed by atoms with Gasteiger partial charge in [0, 0.05) is 10.6 Å². The third-order valence-electron chi connectivity index (χ3n) is 4.62. The van der Waals surface area contributed by atoms with Crippen molar-refractivity contribution in [2.24, 2.45) is 0 Å². The number of halogens is 1. The van der Waals surface area contributed by atoms with E-state index in [0.717, 1.165) is 41.3 Å². The van der Waals surface area contributed by atoms with Gasteiger partial charge in [0.1, 0.15) is 6.54 Å². The minimum Gasteiger partial charge on any atom is -0.344 e. The van der Waals surface area contributed by atoms with Crippen LogP contribution < -0.4 is 10.2 Å². The second kappa shape index (κ2) is 7.82. The van der Waals surface area contributed by atoms with Crippen LogP contribution in [0.3, 0.4) is 0 Å². The molecule has 3 nitrogen and oxygen atoms in total. The van der Waals surface area contributed by atoms with Crippen LogP contribution in [0.2, 0.25) is 5.02 Å². The minimum atomic E-state index is 0.0984. The molecule has 2 aromatic carbocycles. The molecule has 0 aromatic heterocycles. The summed E-state index contributed by atoms with van der Waals surface area (Å²) in [6.07, 6.45) is 3.26. The Labute approximate surface area is 148 Å². The lowest BCUT2D eigenvalue weighted by molar-refractivity contribution is -0.885. The number of rotatable bonds is 5. The number of likely N-dealkylation sites (N-methyl/N-ethyl adjacent to an activating group) is 1. The number of hydrogen-bond acceptors (Lipinski definition) is 1. The number of aryl methyl sites for hydroxylation is 1. The predicted molar refractivity (Wildman–Crippen MR) is 97.2 cm³/mol. The van der Waals surface area contributed by atoms with Gasteiger partial charge in [0.05, 0.1) is 13.1 Å². The van der Waals surface area contributed by atoms with Crippen LogP contribution in [0.15, 0.2) is 48.5 Å². The van der Waals surface area contributed by atoms with Crippen molar-refractivity contribution in [2.75, 3.05) is 13.6 Å². The van der Waals surface area contributed by atoms with Gasteiger partial charge in [-0.3, -0.25) is 4.79 Å². The van der Waals surface area contributed by atoms with Gasteiger partial charge in [0.2, 0.25) is 0 Å². The maximum atomic E-state index is 12.4. The topological polar surface area (TPSA) is 33.5 Å². The summed E-state index contributed by atoms with van der Waals surface area (Å²) in [6, 6.07) is 16.4. The zero-order chi connectivity index (χ0) is 16.9. The zero-order valence-electron chi connectivity index (χ0n) is 14.0. The zero-order valence-corrected chi connectivity index (χ0v) is 14.8. The number of benzene rings is 2. The number of amides is 1. The molecule has 1 aliphatic rings. The Balaban J connectivity index is 1.57. The van der Waals surface area contributed by atoms with E-state index in [-0.39, 0.29) is 11.9 Å². The number of carbonyl (C=O) groups is 1. The smallest absolute Gasteiger partial charge is 0.275 e. The van der Waals surface area contributed by atoms with Crippen LogP contribution in [0, 0.1) is 0 Å². The van der Waals surface area contributed by atoms with Gasteiger partial charge in [0.15, 0.2) is 6.54 Å². The predicted octanol–water partition coefficient (Wildman–Crippen LogP) is 2.55. The van der Waals surface area contributed by atoms with Crippen LogP contribution in [-0.4, -0.2) is 19.5 Å². The fraction of sp³-hybridized carbons (Fsp3) is 0.350. The SMILES string of the molecule is C[NH+](CC(=O)N[C@H]1CCCc2ccccc21)Cc1ccccc1Cl. The van der Waals surface area contributed by atoms with E-state index in [1.807, 2.05) is 31.3 Å². The first kappa shape index (κ1) is 17.0. The fourth-order valence-electron chi connectivity index (χ4n) is 3.45. The standard InChI is InChI=1S/C20H23ClN2O/c1-23(13-16-8-3-5-11-18(16)21)14-20(24)22-19-12-6-9-15-7-2-4-10-17(15)19/h2-5,7-8,10-11,19H,6,9,12-14H2,1H3,(H,22,24)/p+1/t19-/m0/s1. The first-order valence-corrected chi connectivity index (χ1v) is 8.93. The number of quaternary nitrogens is 1. The van der Waals surface area contributed by atoms with Gasteiger partial charge in [-0.15, -0.1) is 0 Å². The first-order chi connectivity index (χ1) is 11.6. The van der Waals surface area contributed by atoms with Crippen LogP contribution in [-0.2, 0) is 17.8 Å². The van der Waals surface area contributed by atoms with Crippen molar-refractivity contribution in [2.45, 2.75) is 31.8 Å². The van der Waals surface area contributed by atoms with Gasteiger partial charge < -0.3 is 10.2 Å². The van der Waals surface area contributed by atoms with E-state index in [0.29, 0.717) is 6.54 Å². The van der Waals surface area contributed by atoms with E-state index in [9.17, 15) is 4.79 Å². The van der Waals surface area contributed by atoms with Gasteiger partial charge in [-0.25, -0.2) is 0 Å². The van der Waals surface area contributed by atoms with Gasteiger partial charge in [-0.1, -0.05) is 54.1 Å².